The highest BCUT2D eigenvalue weighted by Gasteiger charge is 2.19. The van der Waals surface area contributed by atoms with E-state index in [4.69, 9.17) is 0 Å². The molecule has 0 fully saturated rings. The molecule has 0 aliphatic rings. The molecular weight excluding hydrogens is 278 g/mol. The first kappa shape index (κ1) is 20.6. The third kappa shape index (κ3) is 8.82. The van der Waals surface area contributed by atoms with Gasteiger partial charge < -0.3 is 15.5 Å². The molecule has 22 heavy (non-hydrogen) atoms. The predicted octanol–water partition coefficient (Wildman–Crippen LogP) is 1.94. The first-order valence-electron chi connectivity index (χ1n) is 8.21. The van der Waals surface area contributed by atoms with Crippen LogP contribution in [0.3, 0.4) is 0 Å². The fourth-order valence-electron chi connectivity index (χ4n) is 2.08. The van der Waals surface area contributed by atoms with Crippen molar-refractivity contribution in [2.24, 2.45) is 5.92 Å². The van der Waals surface area contributed by atoms with E-state index in [1.807, 2.05) is 19.0 Å². The Balaban J connectivity index is 4.44. The van der Waals surface area contributed by atoms with Crippen molar-refractivity contribution in [2.45, 2.75) is 52.5 Å². The summed E-state index contributed by atoms with van der Waals surface area (Å²) in [6.07, 6.45) is 3.39. The molecular formula is C17H33N3O2. The van der Waals surface area contributed by atoms with Crippen molar-refractivity contribution in [3.05, 3.63) is 12.2 Å². The van der Waals surface area contributed by atoms with Gasteiger partial charge in [0, 0.05) is 31.1 Å². The maximum Gasteiger partial charge on any atom is 0.247 e. The maximum absolute atomic E-state index is 12.0. The van der Waals surface area contributed by atoms with Gasteiger partial charge in [-0.05, 0) is 26.4 Å². The van der Waals surface area contributed by atoms with Crippen molar-refractivity contribution < 1.29 is 9.59 Å². The number of hydrogen-bond acceptors (Lipinski definition) is 3. The predicted molar refractivity (Wildman–Crippen MR) is 91.6 cm³/mol. The van der Waals surface area contributed by atoms with Gasteiger partial charge in [0.25, 0.3) is 0 Å². The first-order chi connectivity index (χ1) is 10.3. The smallest absolute Gasteiger partial charge is 0.247 e. The molecule has 0 aromatic heterocycles. The van der Waals surface area contributed by atoms with E-state index in [1.54, 1.807) is 0 Å². The molecule has 0 saturated heterocycles. The number of nitrogens with one attached hydrogen (secondary N) is 2. The summed E-state index contributed by atoms with van der Waals surface area (Å²) in [7, 11) is 3.79. The second-order valence-electron chi connectivity index (χ2n) is 6.21. The lowest BCUT2D eigenvalue weighted by molar-refractivity contribution is -0.123. The summed E-state index contributed by atoms with van der Waals surface area (Å²) in [4.78, 5) is 25.8. The lowest BCUT2D eigenvalue weighted by Crippen LogP contribution is -2.47. The quantitative estimate of drug-likeness (QED) is 0.573. The van der Waals surface area contributed by atoms with Crippen LogP contribution >= 0.6 is 0 Å². The molecule has 0 heterocycles. The molecule has 0 aromatic carbocycles. The van der Waals surface area contributed by atoms with Crippen molar-refractivity contribution in [3.63, 3.8) is 0 Å². The van der Waals surface area contributed by atoms with Crippen LogP contribution in [0.25, 0.3) is 0 Å². The van der Waals surface area contributed by atoms with Crippen molar-refractivity contribution >= 4 is 11.8 Å². The SMILES string of the molecule is C=C(CN(C)C)C(=O)NCC(NC(=O)CCCC)C(C)CC. The standard InChI is InChI=1S/C17H33N3O2/c1-7-9-10-16(21)19-15(13(3)8-2)11-18-17(22)14(4)12-20(5)6/h13,15H,4,7-12H2,1-3,5-6H3,(H,18,22)(H,19,21). The van der Waals surface area contributed by atoms with Gasteiger partial charge in [-0.2, -0.15) is 0 Å². The molecule has 0 rings (SSSR count). The van der Waals surface area contributed by atoms with E-state index in [-0.39, 0.29) is 17.9 Å². The summed E-state index contributed by atoms with van der Waals surface area (Å²) in [5, 5.41) is 5.93. The van der Waals surface area contributed by atoms with Crippen LogP contribution in [0.5, 0.6) is 0 Å². The molecule has 128 valence electrons. The lowest BCUT2D eigenvalue weighted by Gasteiger charge is -2.25. The Morgan fingerprint density at radius 3 is 2.36 bits per heavy atom. The Hall–Kier alpha value is -1.36. The number of rotatable bonds is 11. The van der Waals surface area contributed by atoms with Gasteiger partial charge in [0.15, 0.2) is 0 Å². The number of unbranched alkanes of at least 4 members (excludes halogenated alkanes) is 1. The monoisotopic (exact) mass is 311 g/mol. The highest BCUT2D eigenvalue weighted by Crippen LogP contribution is 2.08. The normalized spacial score (nSPS) is 13.5. The summed E-state index contributed by atoms with van der Waals surface area (Å²) in [5.74, 6) is 0.228. The number of likely N-dealkylation sites (N-methyl/N-ethyl adjacent to an activating group) is 1. The number of amides is 2. The summed E-state index contributed by atoms with van der Waals surface area (Å²) in [5.41, 5.74) is 0.533. The fraction of sp³-hybridized carbons (Fsp3) is 0.765. The fourth-order valence-corrected chi connectivity index (χ4v) is 2.08. The van der Waals surface area contributed by atoms with Crippen LogP contribution in [-0.2, 0) is 9.59 Å². The first-order valence-corrected chi connectivity index (χ1v) is 8.21. The van der Waals surface area contributed by atoms with Crippen LogP contribution in [-0.4, -0.2) is 49.9 Å². The van der Waals surface area contributed by atoms with E-state index in [1.165, 1.54) is 0 Å². The zero-order valence-corrected chi connectivity index (χ0v) is 14.9. The van der Waals surface area contributed by atoms with E-state index < -0.39 is 0 Å². The molecule has 2 unspecified atom stereocenters. The third-order valence-corrected chi connectivity index (χ3v) is 3.75. The average Bonchev–Trinajstić information content (AvgIpc) is 2.47. The molecule has 0 saturated carbocycles. The number of nitrogens with zero attached hydrogens (tertiary/aromatic N) is 1. The largest absolute Gasteiger partial charge is 0.351 e. The number of carbonyl (C=O) groups is 2. The van der Waals surface area contributed by atoms with Crippen LogP contribution in [0.15, 0.2) is 12.2 Å². The van der Waals surface area contributed by atoms with Crippen molar-refractivity contribution in [1.29, 1.82) is 0 Å². The molecule has 0 aromatic rings. The zero-order chi connectivity index (χ0) is 17.1. The summed E-state index contributed by atoms with van der Waals surface area (Å²) in [6.45, 7) is 11.0. The second-order valence-corrected chi connectivity index (χ2v) is 6.21. The van der Waals surface area contributed by atoms with Gasteiger partial charge in [0.2, 0.25) is 11.8 Å². The van der Waals surface area contributed by atoms with Gasteiger partial charge in [0.05, 0.1) is 0 Å². The lowest BCUT2D eigenvalue weighted by atomic mass is 9.98. The molecule has 0 radical (unpaired) electrons. The van der Waals surface area contributed by atoms with E-state index in [9.17, 15) is 9.59 Å². The highest BCUT2D eigenvalue weighted by molar-refractivity contribution is 5.93. The Kier molecular flexibility index (Phi) is 10.5. The van der Waals surface area contributed by atoms with Gasteiger partial charge in [-0.25, -0.2) is 0 Å². The van der Waals surface area contributed by atoms with Gasteiger partial charge in [-0.15, -0.1) is 0 Å². The van der Waals surface area contributed by atoms with Gasteiger partial charge in [0.1, 0.15) is 0 Å². The Morgan fingerprint density at radius 2 is 1.86 bits per heavy atom. The average molecular weight is 311 g/mol. The van der Waals surface area contributed by atoms with Gasteiger partial charge >= 0.3 is 0 Å². The molecule has 5 heteroatoms. The van der Waals surface area contributed by atoms with E-state index in [0.29, 0.717) is 31.0 Å². The number of carbonyl (C=O) groups excluding carboxylic acids is 2. The maximum atomic E-state index is 12.0. The minimum atomic E-state index is -0.148. The van der Waals surface area contributed by atoms with Crippen molar-refractivity contribution in [3.8, 4) is 0 Å². The van der Waals surface area contributed by atoms with E-state index >= 15 is 0 Å². The van der Waals surface area contributed by atoms with Crippen LogP contribution in [0, 0.1) is 5.92 Å². The van der Waals surface area contributed by atoms with E-state index in [2.05, 4.69) is 38.0 Å². The molecule has 5 nitrogen and oxygen atoms in total. The van der Waals surface area contributed by atoms with Crippen LogP contribution in [0.1, 0.15) is 46.5 Å². The minimum absolute atomic E-state index is 0.0366. The Bertz CT molecular complexity index is 367. The molecule has 2 atom stereocenters. The Morgan fingerprint density at radius 1 is 1.23 bits per heavy atom. The highest BCUT2D eigenvalue weighted by atomic mass is 16.2. The van der Waals surface area contributed by atoms with Gasteiger partial charge in [-0.3, -0.25) is 9.59 Å². The van der Waals surface area contributed by atoms with Gasteiger partial charge in [-0.1, -0.05) is 40.2 Å². The topological polar surface area (TPSA) is 61.4 Å². The molecule has 0 bridgehead atoms. The van der Waals surface area contributed by atoms with Crippen LogP contribution in [0.2, 0.25) is 0 Å². The summed E-state index contributed by atoms with van der Waals surface area (Å²) in [6, 6.07) is -0.0366. The zero-order valence-electron chi connectivity index (χ0n) is 14.9. The molecule has 0 spiro atoms. The van der Waals surface area contributed by atoms with Crippen LogP contribution in [0.4, 0.5) is 0 Å². The third-order valence-electron chi connectivity index (χ3n) is 3.75. The minimum Gasteiger partial charge on any atom is -0.351 e. The van der Waals surface area contributed by atoms with Crippen molar-refractivity contribution in [1.82, 2.24) is 15.5 Å². The summed E-state index contributed by atoms with van der Waals surface area (Å²) >= 11 is 0. The molecule has 0 aliphatic heterocycles. The molecule has 2 N–H and O–H groups in total. The molecule has 0 aliphatic carbocycles. The number of hydrogen-bond donors (Lipinski definition) is 2. The molecule has 2 amide bonds. The van der Waals surface area contributed by atoms with E-state index in [0.717, 1.165) is 19.3 Å². The Labute approximate surface area is 135 Å². The van der Waals surface area contributed by atoms with Crippen molar-refractivity contribution in [2.75, 3.05) is 27.2 Å². The summed E-state index contributed by atoms with van der Waals surface area (Å²) < 4.78 is 0. The second kappa shape index (κ2) is 11.2. The van der Waals surface area contributed by atoms with Crippen LogP contribution < -0.4 is 10.6 Å².